The van der Waals surface area contributed by atoms with Crippen molar-refractivity contribution in [3.05, 3.63) is 11.4 Å². The van der Waals surface area contributed by atoms with Gasteiger partial charge in [0.1, 0.15) is 11.4 Å². The summed E-state index contributed by atoms with van der Waals surface area (Å²) in [4.78, 5) is 14.2. The van der Waals surface area contributed by atoms with E-state index in [9.17, 15) is 4.79 Å². The summed E-state index contributed by atoms with van der Waals surface area (Å²) < 4.78 is 10.1. The van der Waals surface area contributed by atoms with Crippen LogP contribution in [0.5, 0.6) is 0 Å². The summed E-state index contributed by atoms with van der Waals surface area (Å²) in [6, 6.07) is -0.0268. The van der Waals surface area contributed by atoms with Crippen LogP contribution in [-0.4, -0.2) is 47.5 Å². The van der Waals surface area contributed by atoms with E-state index >= 15 is 0 Å². The molecule has 21 heavy (non-hydrogen) atoms. The van der Waals surface area contributed by atoms with Crippen molar-refractivity contribution >= 4 is 6.03 Å². The Morgan fingerprint density at radius 2 is 2.29 bits per heavy atom. The maximum Gasteiger partial charge on any atom is 0.317 e. The summed E-state index contributed by atoms with van der Waals surface area (Å²) >= 11 is 0. The minimum atomic E-state index is -0.0268. The van der Waals surface area contributed by atoms with Gasteiger partial charge < -0.3 is 15.0 Å². The molecule has 1 aromatic heterocycles. The summed E-state index contributed by atoms with van der Waals surface area (Å²) in [7, 11) is 0. The number of hydrogen-bond acceptors (Lipinski definition) is 5. The Morgan fingerprint density at radius 1 is 1.38 bits per heavy atom. The summed E-state index contributed by atoms with van der Waals surface area (Å²) in [6.45, 7) is 5.55. The number of aromatic nitrogens is 2. The lowest BCUT2D eigenvalue weighted by molar-refractivity contribution is 0.124. The van der Waals surface area contributed by atoms with Gasteiger partial charge in [-0.1, -0.05) is 10.3 Å². The first-order valence-corrected chi connectivity index (χ1v) is 7.62. The van der Waals surface area contributed by atoms with Crippen LogP contribution in [0.3, 0.4) is 0 Å². The third-order valence-corrected chi connectivity index (χ3v) is 4.53. The molecule has 2 unspecified atom stereocenters. The molecular formula is C14H22N4O3. The second kappa shape index (κ2) is 6.43. The molecule has 2 atom stereocenters. The number of amides is 2. The number of urea groups is 1. The van der Waals surface area contributed by atoms with Gasteiger partial charge in [-0.25, -0.2) is 9.42 Å². The highest BCUT2D eigenvalue weighted by atomic mass is 16.6. The SMILES string of the molecule is Cc1nonc1CNC(=O)N1CCCC(C2CCOC2)C1. The number of carbonyl (C=O) groups is 1. The van der Waals surface area contributed by atoms with E-state index in [-0.39, 0.29) is 6.03 Å². The van der Waals surface area contributed by atoms with Crippen molar-refractivity contribution in [1.82, 2.24) is 20.5 Å². The molecule has 2 aliphatic heterocycles. The Bertz CT molecular complexity index is 484. The molecule has 0 aliphatic carbocycles. The van der Waals surface area contributed by atoms with Gasteiger partial charge in [-0.05, 0) is 38.0 Å². The lowest BCUT2D eigenvalue weighted by Crippen LogP contribution is -2.46. The fraction of sp³-hybridized carbons (Fsp3) is 0.786. The number of rotatable bonds is 3. The fourth-order valence-corrected chi connectivity index (χ4v) is 3.18. The van der Waals surface area contributed by atoms with E-state index < -0.39 is 0 Å². The quantitative estimate of drug-likeness (QED) is 0.909. The van der Waals surface area contributed by atoms with Crippen molar-refractivity contribution in [3.63, 3.8) is 0 Å². The second-order valence-electron chi connectivity index (χ2n) is 5.93. The molecule has 2 aliphatic rings. The van der Waals surface area contributed by atoms with Crippen LogP contribution < -0.4 is 5.32 Å². The predicted molar refractivity (Wildman–Crippen MR) is 74.5 cm³/mol. The molecule has 0 bridgehead atoms. The third-order valence-electron chi connectivity index (χ3n) is 4.53. The number of hydrogen-bond donors (Lipinski definition) is 1. The topological polar surface area (TPSA) is 80.5 Å². The molecule has 0 spiro atoms. The lowest BCUT2D eigenvalue weighted by atomic mass is 9.85. The molecule has 7 nitrogen and oxygen atoms in total. The van der Waals surface area contributed by atoms with E-state index in [0.29, 0.717) is 24.1 Å². The van der Waals surface area contributed by atoms with Gasteiger partial charge in [-0.2, -0.15) is 0 Å². The van der Waals surface area contributed by atoms with E-state index in [0.717, 1.165) is 44.8 Å². The van der Waals surface area contributed by atoms with Crippen molar-refractivity contribution in [2.75, 3.05) is 26.3 Å². The minimum Gasteiger partial charge on any atom is -0.381 e. The van der Waals surface area contributed by atoms with Crippen LogP contribution in [0.25, 0.3) is 0 Å². The van der Waals surface area contributed by atoms with Crippen LogP contribution in [0.4, 0.5) is 4.79 Å². The van der Waals surface area contributed by atoms with Crippen LogP contribution >= 0.6 is 0 Å². The van der Waals surface area contributed by atoms with Crippen LogP contribution in [-0.2, 0) is 11.3 Å². The van der Waals surface area contributed by atoms with Crippen molar-refractivity contribution in [2.45, 2.75) is 32.7 Å². The molecule has 116 valence electrons. The van der Waals surface area contributed by atoms with Crippen LogP contribution in [0, 0.1) is 18.8 Å². The van der Waals surface area contributed by atoms with Crippen molar-refractivity contribution in [2.24, 2.45) is 11.8 Å². The number of piperidine rings is 1. The summed E-state index contributed by atoms with van der Waals surface area (Å²) in [5.74, 6) is 1.19. The zero-order valence-corrected chi connectivity index (χ0v) is 12.4. The van der Waals surface area contributed by atoms with E-state index in [1.807, 2.05) is 11.8 Å². The molecule has 0 aromatic carbocycles. The Labute approximate surface area is 124 Å². The van der Waals surface area contributed by atoms with Gasteiger partial charge in [0, 0.05) is 26.3 Å². The number of nitrogens with one attached hydrogen (secondary N) is 1. The second-order valence-corrected chi connectivity index (χ2v) is 5.93. The zero-order valence-electron chi connectivity index (χ0n) is 12.4. The van der Waals surface area contributed by atoms with E-state index in [2.05, 4.69) is 20.3 Å². The average Bonchev–Trinajstić information content (AvgIpc) is 3.16. The Hall–Kier alpha value is -1.63. The first-order valence-electron chi connectivity index (χ1n) is 7.62. The van der Waals surface area contributed by atoms with Crippen LogP contribution in [0.15, 0.2) is 4.63 Å². The Balaban J connectivity index is 1.50. The molecule has 1 aromatic rings. The molecule has 2 amide bonds. The predicted octanol–water partition coefficient (Wildman–Crippen LogP) is 1.34. The van der Waals surface area contributed by atoms with Gasteiger partial charge in [-0.15, -0.1) is 0 Å². The van der Waals surface area contributed by atoms with E-state index in [4.69, 9.17) is 4.74 Å². The van der Waals surface area contributed by atoms with E-state index in [1.54, 1.807) is 0 Å². The highest BCUT2D eigenvalue weighted by Gasteiger charge is 2.31. The highest BCUT2D eigenvalue weighted by molar-refractivity contribution is 5.74. The Morgan fingerprint density at radius 3 is 3.00 bits per heavy atom. The fourth-order valence-electron chi connectivity index (χ4n) is 3.18. The average molecular weight is 294 g/mol. The minimum absolute atomic E-state index is 0.0268. The summed E-state index contributed by atoms with van der Waals surface area (Å²) in [5, 5.41) is 10.4. The largest absolute Gasteiger partial charge is 0.381 e. The maximum atomic E-state index is 12.3. The van der Waals surface area contributed by atoms with Gasteiger partial charge in [0.2, 0.25) is 0 Å². The zero-order chi connectivity index (χ0) is 14.7. The number of aryl methyl sites for hydroxylation is 1. The molecular weight excluding hydrogens is 272 g/mol. The van der Waals surface area contributed by atoms with Crippen LogP contribution in [0.1, 0.15) is 30.7 Å². The molecule has 3 rings (SSSR count). The molecule has 2 fully saturated rings. The van der Waals surface area contributed by atoms with Gasteiger partial charge in [0.15, 0.2) is 0 Å². The molecule has 2 saturated heterocycles. The molecule has 1 N–H and O–H groups in total. The standard InChI is InChI=1S/C14H22N4O3/c1-10-13(17-21-16-10)7-15-14(19)18-5-2-3-11(8-18)12-4-6-20-9-12/h11-12H,2-9H2,1H3,(H,15,19). The maximum absolute atomic E-state index is 12.3. The van der Waals surface area contributed by atoms with Gasteiger partial charge in [0.05, 0.1) is 6.54 Å². The highest BCUT2D eigenvalue weighted by Crippen LogP contribution is 2.29. The Kier molecular flexibility index (Phi) is 4.38. The van der Waals surface area contributed by atoms with Gasteiger partial charge in [-0.3, -0.25) is 0 Å². The van der Waals surface area contributed by atoms with E-state index in [1.165, 1.54) is 6.42 Å². The molecule has 0 saturated carbocycles. The number of carbonyl (C=O) groups excluding carboxylic acids is 1. The van der Waals surface area contributed by atoms with Crippen molar-refractivity contribution in [1.29, 1.82) is 0 Å². The lowest BCUT2D eigenvalue weighted by Gasteiger charge is -2.35. The summed E-state index contributed by atoms with van der Waals surface area (Å²) in [5.41, 5.74) is 1.40. The smallest absolute Gasteiger partial charge is 0.317 e. The van der Waals surface area contributed by atoms with Crippen LogP contribution in [0.2, 0.25) is 0 Å². The normalized spacial score (nSPS) is 26.0. The monoisotopic (exact) mass is 294 g/mol. The third kappa shape index (κ3) is 3.34. The number of ether oxygens (including phenoxy) is 1. The van der Waals surface area contributed by atoms with Gasteiger partial charge >= 0.3 is 6.03 Å². The summed E-state index contributed by atoms with van der Waals surface area (Å²) in [6.07, 6.45) is 3.40. The van der Waals surface area contributed by atoms with Gasteiger partial charge in [0.25, 0.3) is 0 Å². The first-order chi connectivity index (χ1) is 10.2. The molecule has 0 radical (unpaired) electrons. The number of likely N-dealkylation sites (tertiary alicyclic amines) is 1. The first kappa shape index (κ1) is 14.3. The van der Waals surface area contributed by atoms with Crippen molar-refractivity contribution < 1.29 is 14.2 Å². The number of nitrogens with zero attached hydrogens (tertiary/aromatic N) is 3. The van der Waals surface area contributed by atoms with Crippen molar-refractivity contribution in [3.8, 4) is 0 Å². The molecule has 7 heteroatoms. The molecule has 3 heterocycles.